The van der Waals surface area contributed by atoms with Gasteiger partial charge in [-0.1, -0.05) is 57.0 Å². The zero-order valence-electron chi connectivity index (χ0n) is 38.0. The van der Waals surface area contributed by atoms with Crippen LogP contribution in [0.2, 0.25) is 5.02 Å². The first-order valence-corrected chi connectivity index (χ1v) is 24.2. The molecule has 1 amide bonds. The fraction of sp³-hybridized carbons (Fsp3) is 0.440. The Morgan fingerprint density at radius 2 is 1.78 bits per heavy atom. The van der Waals surface area contributed by atoms with E-state index in [0.29, 0.717) is 46.3 Å². The summed E-state index contributed by atoms with van der Waals surface area (Å²) in [6.45, 7) is 17.2. The SMILES string of the molecule is CC(C)NC1CCN(CCCNc2ccc(SNC(=O)c3ccc(N4CCN(CC5=C(c6ccc(Cl)cc6)CC(C)(C)CC5)CC4)cc3Oc3cnc4[nH]ccc4c3)cc2[N+](=O)[O-])CC1. The number of nitrogens with zero attached hydrogens (tertiary/aromatic N) is 5. The average Bonchev–Trinajstić information content (AvgIpc) is 3.77. The Morgan fingerprint density at radius 3 is 2.54 bits per heavy atom. The number of H-pyrrole nitrogens is 1. The van der Waals surface area contributed by atoms with Crippen LogP contribution in [-0.4, -0.2) is 102 Å². The van der Waals surface area contributed by atoms with Crippen molar-refractivity contribution in [3.05, 3.63) is 117 Å². The molecule has 0 saturated carbocycles. The number of benzene rings is 3. The number of ether oxygens (including phenoxy) is 1. The molecule has 0 unspecified atom stereocenters. The number of carbonyl (C=O) groups is 1. The van der Waals surface area contributed by atoms with E-state index >= 15 is 0 Å². The van der Waals surface area contributed by atoms with Gasteiger partial charge in [-0.2, -0.15) is 0 Å². The Balaban J connectivity index is 0.912. The number of nitro groups is 1. The first-order chi connectivity index (χ1) is 31.4. The van der Waals surface area contributed by atoms with E-state index < -0.39 is 0 Å². The van der Waals surface area contributed by atoms with Crippen LogP contribution >= 0.6 is 23.5 Å². The normalized spacial score (nSPS) is 17.5. The standard InChI is InChI=1S/C50H62ClN9O4S/c1-34(2)55-39-16-22-57(23-17-39)21-5-19-52-45-13-11-42(30-46(45)60(62)63)65-56-49(61)43-12-10-40(29-47(43)64-41-28-36-15-20-53-48(36)54-32-41)59-26-24-58(25-27-59)33-37-14-18-50(3,4)31-44(37)35-6-8-38(51)9-7-35/h6-13,15,20,28-30,32,34,39,52,55H,5,14,16-19,21-27,31,33H2,1-4H3,(H,53,54)(H,56,61). The Morgan fingerprint density at radius 1 is 1.00 bits per heavy atom. The summed E-state index contributed by atoms with van der Waals surface area (Å²) in [4.78, 5) is 41.3. The van der Waals surface area contributed by atoms with Crippen LogP contribution in [0.15, 0.2) is 95.7 Å². The monoisotopic (exact) mass is 919 g/mol. The van der Waals surface area contributed by atoms with Gasteiger partial charge in [0.25, 0.3) is 11.6 Å². The molecule has 0 atom stereocenters. The number of piperidine rings is 1. The molecule has 4 N–H and O–H groups in total. The summed E-state index contributed by atoms with van der Waals surface area (Å²) in [5.74, 6) is 0.513. The van der Waals surface area contributed by atoms with Crippen molar-refractivity contribution < 1.29 is 14.5 Å². The summed E-state index contributed by atoms with van der Waals surface area (Å²) in [5.41, 5.74) is 6.97. The molecule has 0 bridgehead atoms. The Kier molecular flexibility index (Phi) is 15.0. The van der Waals surface area contributed by atoms with Crippen LogP contribution in [-0.2, 0) is 0 Å². The summed E-state index contributed by atoms with van der Waals surface area (Å²) >= 11 is 7.30. The van der Waals surface area contributed by atoms with Gasteiger partial charge in [0.15, 0.2) is 0 Å². The summed E-state index contributed by atoms with van der Waals surface area (Å²) in [5, 5.41) is 20.8. The van der Waals surface area contributed by atoms with Gasteiger partial charge in [-0.3, -0.25) is 24.5 Å². The number of piperazine rings is 1. The number of allylic oxidation sites excluding steroid dienone is 1. The molecule has 0 spiro atoms. The minimum atomic E-state index is -0.383. The fourth-order valence-electron chi connectivity index (χ4n) is 9.34. The number of rotatable bonds is 17. The van der Waals surface area contributed by atoms with E-state index in [1.807, 2.05) is 42.6 Å². The summed E-state index contributed by atoms with van der Waals surface area (Å²) < 4.78 is 9.37. The largest absolute Gasteiger partial charge is 0.455 e. The quantitative estimate of drug-likeness (QED) is 0.0306. The number of fused-ring (bicyclic) bond motifs is 1. The van der Waals surface area contributed by atoms with Gasteiger partial charge in [0, 0.05) is 90.7 Å². The van der Waals surface area contributed by atoms with Gasteiger partial charge < -0.3 is 30.2 Å². The third kappa shape index (κ3) is 12.2. The highest BCUT2D eigenvalue weighted by molar-refractivity contribution is 7.98. The number of carbonyl (C=O) groups excluding carboxylic acids is 1. The molecule has 5 aromatic rings. The minimum absolute atomic E-state index is 0.0349. The number of hydrogen-bond donors (Lipinski definition) is 4. The van der Waals surface area contributed by atoms with Gasteiger partial charge in [0.05, 0.1) is 16.7 Å². The van der Waals surface area contributed by atoms with Crippen molar-refractivity contribution in [1.29, 1.82) is 0 Å². The summed E-state index contributed by atoms with van der Waals surface area (Å²) in [6.07, 6.45) is 9.94. The predicted molar refractivity (Wildman–Crippen MR) is 265 cm³/mol. The van der Waals surface area contributed by atoms with Crippen LogP contribution in [0.5, 0.6) is 11.5 Å². The van der Waals surface area contributed by atoms with E-state index in [9.17, 15) is 14.9 Å². The molecule has 4 heterocycles. The molecule has 3 aromatic carbocycles. The number of likely N-dealkylation sites (tertiary alicyclic amines) is 1. The van der Waals surface area contributed by atoms with Crippen molar-refractivity contribution in [1.82, 2.24) is 29.8 Å². The molecule has 0 radical (unpaired) electrons. The number of anilines is 2. The second-order valence-corrected chi connectivity index (χ2v) is 20.1. The van der Waals surface area contributed by atoms with Crippen LogP contribution in [0.25, 0.3) is 16.6 Å². The lowest BCUT2D eigenvalue weighted by atomic mass is 9.72. The highest BCUT2D eigenvalue weighted by atomic mass is 35.5. The molecule has 2 fully saturated rings. The Hall–Kier alpha value is -5.12. The van der Waals surface area contributed by atoms with E-state index in [1.54, 1.807) is 24.4 Å². The lowest BCUT2D eigenvalue weighted by molar-refractivity contribution is -0.384. The molecule has 2 aliphatic heterocycles. The van der Waals surface area contributed by atoms with Crippen LogP contribution in [0.4, 0.5) is 17.1 Å². The molecule has 2 saturated heterocycles. The Labute approximate surface area is 392 Å². The maximum atomic E-state index is 13.9. The zero-order valence-corrected chi connectivity index (χ0v) is 39.6. The van der Waals surface area contributed by atoms with E-state index in [4.69, 9.17) is 16.3 Å². The summed E-state index contributed by atoms with van der Waals surface area (Å²) in [6, 6.07) is 23.9. The maximum absolute atomic E-state index is 13.9. The van der Waals surface area contributed by atoms with E-state index in [0.717, 1.165) is 118 Å². The highest BCUT2D eigenvalue weighted by Gasteiger charge is 2.30. The highest BCUT2D eigenvalue weighted by Crippen LogP contribution is 2.43. The molecule has 8 rings (SSSR count). The number of aromatic nitrogens is 2. The van der Waals surface area contributed by atoms with Crippen LogP contribution in [0.3, 0.4) is 0 Å². The molecule has 65 heavy (non-hydrogen) atoms. The Bertz CT molecular complexity index is 2480. The van der Waals surface area contributed by atoms with Crippen molar-refractivity contribution in [3.8, 4) is 11.5 Å². The van der Waals surface area contributed by atoms with E-state index in [1.165, 1.54) is 29.2 Å². The number of hydrogen-bond acceptors (Lipinski definition) is 11. The minimum Gasteiger partial charge on any atom is -0.455 e. The first kappa shape index (κ1) is 46.4. The lowest BCUT2D eigenvalue weighted by Crippen LogP contribution is -2.47. The number of aromatic amines is 1. The van der Waals surface area contributed by atoms with Crippen molar-refractivity contribution >= 4 is 63.1 Å². The maximum Gasteiger partial charge on any atom is 0.293 e. The third-order valence-electron chi connectivity index (χ3n) is 12.9. The second-order valence-electron chi connectivity index (χ2n) is 18.7. The predicted octanol–water partition coefficient (Wildman–Crippen LogP) is 10.4. The zero-order chi connectivity index (χ0) is 45.5. The second kappa shape index (κ2) is 21.0. The molecule has 15 heteroatoms. The summed E-state index contributed by atoms with van der Waals surface area (Å²) in [7, 11) is 0. The number of amides is 1. The first-order valence-electron chi connectivity index (χ1n) is 23.0. The molecule has 1 aliphatic carbocycles. The number of pyridine rings is 1. The topological polar surface area (TPSA) is 144 Å². The van der Waals surface area contributed by atoms with Gasteiger partial charge in [-0.15, -0.1) is 0 Å². The van der Waals surface area contributed by atoms with Crippen molar-refractivity contribution in [2.24, 2.45) is 5.41 Å². The van der Waals surface area contributed by atoms with Crippen LogP contribution < -0.4 is 25.0 Å². The number of halogens is 1. The third-order valence-corrected chi connectivity index (χ3v) is 13.9. The van der Waals surface area contributed by atoms with Crippen LogP contribution in [0, 0.1) is 15.5 Å². The lowest BCUT2D eigenvalue weighted by Gasteiger charge is -2.39. The van der Waals surface area contributed by atoms with Crippen molar-refractivity contribution in [2.45, 2.75) is 83.2 Å². The molecular weight excluding hydrogens is 858 g/mol. The molecule has 3 aliphatic rings. The van der Waals surface area contributed by atoms with Crippen molar-refractivity contribution in [3.63, 3.8) is 0 Å². The molecular formula is C50H62ClN9O4S. The van der Waals surface area contributed by atoms with E-state index in [-0.39, 0.29) is 21.9 Å². The van der Waals surface area contributed by atoms with E-state index in [2.05, 4.69) is 79.9 Å². The molecule has 344 valence electrons. The smallest absolute Gasteiger partial charge is 0.293 e. The number of nitrogens with one attached hydrogen (secondary N) is 4. The van der Waals surface area contributed by atoms with Crippen molar-refractivity contribution in [2.75, 3.05) is 69.1 Å². The van der Waals surface area contributed by atoms with Gasteiger partial charge >= 0.3 is 0 Å². The van der Waals surface area contributed by atoms with Gasteiger partial charge in [-0.25, -0.2) is 4.98 Å². The van der Waals surface area contributed by atoms with Crippen LogP contribution in [0.1, 0.15) is 82.1 Å². The average molecular weight is 921 g/mol. The number of nitro benzene ring substituents is 1. The van der Waals surface area contributed by atoms with Gasteiger partial charge in [-0.05, 0) is 135 Å². The fourth-order valence-corrected chi connectivity index (χ4v) is 10.1. The molecule has 13 nitrogen and oxygen atoms in total. The molecule has 2 aromatic heterocycles. The van der Waals surface area contributed by atoms with Gasteiger partial charge in [0.2, 0.25) is 0 Å². The van der Waals surface area contributed by atoms with Gasteiger partial charge in [0.1, 0.15) is 22.8 Å².